The van der Waals surface area contributed by atoms with E-state index >= 15 is 0 Å². The summed E-state index contributed by atoms with van der Waals surface area (Å²) >= 11 is 6.83. The number of para-hydroxylation sites is 1. The number of fused-ring (bicyclic) bond motifs is 1. The Hall–Kier alpha value is -2.03. The molecule has 0 fully saturated rings. The van der Waals surface area contributed by atoms with Crippen LogP contribution in [-0.2, 0) is 14.8 Å². The van der Waals surface area contributed by atoms with Crippen molar-refractivity contribution < 1.29 is 13.2 Å². The van der Waals surface area contributed by atoms with Crippen molar-refractivity contribution in [2.24, 2.45) is 4.40 Å². The number of carbonyl (C=O) groups is 1. The minimum atomic E-state index is -3.83. The molecular formula is C15H12ClN3O3S2. The summed E-state index contributed by atoms with van der Waals surface area (Å²) in [5.41, 5.74) is 1.06. The molecule has 24 heavy (non-hydrogen) atoms. The maximum atomic E-state index is 12.2. The lowest BCUT2D eigenvalue weighted by molar-refractivity contribution is -0.113. The molecule has 2 N–H and O–H groups in total. The number of halogens is 1. The Bertz CT molecular complexity index is 915. The maximum absolute atomic E-state index is 12.2. The molecular weight excluding hydrogens is 370 g/mol. The van der Waals surface area contributed by atoms with Gasteiger partial charge in [-0.3, -0.25) is 4.79 Å². The number of nitrogens with zero attached hydrogens (tertiary/aromatic N) is 1. The largest absolute Gasteiger partial charge is 0.333 e. The van der Waals surface area contributed by atoms with Crippen molar-refractivity contribution in [3.63, 3.8) is 0 Å². The number of amides is 1. The number of sulfonamides is 1. The molecule has 0 saturated carbocycles. The Morgan fingerprint density at radius 2 is 1.96 bits per heavy atom. The van der Waals surface area contributed by atoms with E-state index in [1.54, 1.807) is 24.3 Å². The normalized spacial score (nSPS) is 15.0. The summed E-state index contributed by atoms with van der Waals surface area (Å²) < 4.78 is 28.0. The second-order valence-corrected chi connectivity index (χ2v) is 7.81. The van der Waals surface area contributed by atoms with Gasteiger partial charge in [0, 0.05) is 10.7 Å². The highest BCUT2D eigenvalue weighted by atomic mass is 35.5. The quantitative estimate of drug-likeness (QED) is 0.852. The lowest BCUT2D eigenvalue weighted by Gasteiger charge is -2.17. The molecule has 9 heteroatoms. The van der Waals surface area contributed by atoms with Gasteiger partial charge in [-0.05, 0) is 30.3 Å². The molecule has 1 heterocycles. The molecule has 0 unspecified atom stereocenters. The number of hydrogen-bond acceptors (Lipinski definition) is 5. The summed E-state index contributed by atoms with van der Waals surface area (Å²) in [6.45, 7) is 0. The molecule has 2 aromatic rings. The van der Waals surface area contributed by atoms with E-state index in [0.29, 0.717) is 16.4 Å². The first kappa shape index (κ1) is 16.8. The molecule has 0 aromatic heterocycles. The van der Waals surface area contributed by atoms with E-state index in [9.17, 15) is 13.2 Å². The van der Waals surface area contributed by atoms with E-state index in [1.807, 2.05) is 18.2 Å². The highest BCUT2D eigenvalue weighted by Crippen LogP contribution is 2.31. The van der Waals surface area contributed by atoms with Crippen LogP contribution in [0.1, 0.15) is 0 Å². The Kier molecular flexibility index (Phi) is 4.79. The van der Waals surface area contributed by atoms with Gasteiger partial charge in [0.25, 0.3) is 10.0 Å². The van der Waals surface area contributed by atoms with Crippen molar-refractivity contribution in [3.8, 4) is 0 Å². The van der Waals surface area contributed by atoms with Crippen LogP contribution in [0.5, 0.6) is 0 Å². The predicted octanol–water partition coefficient (Wildman–Crippen LogP) is 3.18. The average molecular weight is 382 g/mol. The van der Waals surface area contributed by atoms with Crippen LogP contribution in [0.2, 0.25) is 5.02 Å². The van der Waals surface area contributed by atoms with Crippen LogP contribution < -0.4 is 10.6 Å². The number of thioether (sulfide) groups is 1. The fourth-order valence-electron chi connectivity index (χ4n) is 2.02. The van der Waals surface area contributed by atoms with Gasteiger partial charge in [-0.1, -0.05) is 41.6 Å². The molecule has 0 radical (unpaired) electrons. The second-order valence-electron chi connectivity index (χ2n) is 4.84. The summed E-state index contributed by atoms with van der Waals surface area (Å²) in [6.07, 6.45) is 0. The first-order valence-corrected chi connectivity index (χ1v) is 9.64. The van der Waals surface area contributed by atoms with Crippen molar-refractivity contribution in [3.05, 3.63) is 53.6 Å². The third kappa shape index (κ3) is 3.89. The van der Waals surface area contributed by atoms with Crippen LogP contribution in [0.25, 0.3) is 0 Å². The maximum Gasteiger partial charge on any atom is 0.286 e. The van der Waals surface area contributed by atoms with Gasteiger partial charge in [0.15, 0.2) is 5.17 Å². The number of hydrogen-bond donors (Lipinski definition) is 2. The molecule has 0 saturated heterocycles. The second kappa shape index (κ2) is 6.84. The Labute approximate surface area is 148 Å². The smallest absolute Gasteiger partial charge is 0.286 e. The number of amidine groups is 1. The minimum Gasteiger partial charge on any atom is -0.333 e. The van der Waals surface area contributed by atoms with Gasteiger partial charge in [0.05, 0.1) is 11.4 Å². The van der Waals surface area contributed by atoms with Gasteiger partial charge in [-0.25, -0.2) is 0 Å². The lowest BCUT2D eigenvalue weighted by atomic mass is 10.3. The minimum absolute atomic E-state index is 0.0214. The Morgan fingerprint density at radius 3 is 2.71 bits per heavy atom. The molecule has 6 nitrogen and oxygen atoms in total. The summed E-state index contributed by atoms with van der Waals surface area (Å²) in [7, 11) is -3.83. The fraction of sp³-hybridized carbons (Fsp3) is 0.0667. The summed E-state index contributed by atoms with van der Waals surface area (Å²) in [5, 5.41) is 6.07. The van der Waals surface area contributed by atoms with Crippen LogP contribution in [0.3, 0.4) is 0 Å². The van der Waals surface area contributed by atoms with E-state index in [1.165, 1.54) is 6.07 Å². The van der Waals surface area contributed by atoms with E-state index < -0.39 is 10.0 Å². The van der Waals surface area contributed by atoms with Gasteiger partial charge in [-0.15, -0.1) is 4.40 Å². The van der Waals surface area contributed by atoms with Crippen LogP contribution in [0, 0.1) is 0 Å². The number of rotatable bonds is 3. The monoisotopic (exact) mass is 381 g/mol. The zero-order valence-electron chi connectivity index (χ0n) is 12.2. The third-order valence-corrected chi connectivity index (χ3v) is 5.60. The number of carbonyl (C=O) groups excluding carboxylic acids is 1. The standard InChI is InChI=1S/C15H12ClN3O3S2/c16-10-6-7-12-13(8-10)24(21,22)19-15(18-12)23-9-14(20)17-11-4-2-1-3-5-11/h1-8H,9H2,(H,17,20)(H,18,19). The predicted molar refractivity (Wildman–Crippen MR) is 97.2 cm³/mol. The van der Waals surface area contributed by atoms with Crippen LogP contribution in [0.4, 0.5) is 11.4 Å². The van der Waals surface area contributed by atoms with E-state index in [4.69, 9.17) is 11.6 Å². The van der Waals surface area contributed by atoms with E-state index in [-0.39, 0.29) is 21.7 Å². The van der Waals surface area contributed by atoms with Crippen molar-refractivity contribution in [2.75, 3.05) is 16.4 Å². The topological polar surface area (TPSA) is 87.6 Å². The molecule has 0 atom stereocenters. The van der Waals surface area contributed by atoms with Crippen LogP contribution >= 0.6 is 23.4 Å². The molecule has 1 amide bonds. The van der Waals surface area contributed by atoms with Crippen LogP contribution in [0.15, 0.2) is 57.8 Å². The Balaban J connectivity index is 1.68. The van der Waals surface area contributed by atoms with E-state index in [0.717, 1.165) is 11.8 Å². The molecule has 1 aliphatic heterocycles. The highest BCUT2D eigenvalue weighted by Gasteiger charge is 2.25. The van der Waals surface area contributed by atoms with Gasteiger partial charge in [0.2, 0.25) is 5.91 Å². The fourth-order valence-corrected chi connectivity index (χ4v) is 4.32. The van der Waals surface area contributed by atoms with Gasteiger partial charge >= 0.3 is 0 Å². The molecule has 3 rings (SSSR count). The number of nitrogens with one attached hydrogen (secondary N) is 2. The van der Waals surface area contributed by atoms with Crippen molar-refractivity contribution in [2.45, 2.75) is 4.90 Å². The molecule has 2 aromatic carbocycles. The average Bonchev–Trinajstić information content (AvgIpc) is 2.54. The highest BCUT2D eigenvalue weighted by molar-refractivity contribution is 8.15. The van der Waals surface area contributed by atoms with Crippen LogP contribution in [-0.4, -0.2) is 25.2 Å². The zero-order chi connectivity index (χ0) is 17.2. The number of anilines is 2. The number of benzene rings is 2. The summed E-state index contributed by atoms with van der Waals surface area (Å²) in [4.78, 5) is 11.9. The molecule has 0 bridgehead atoms. The van der Waals surface area contributed by atoms with Gasteiger partial charge in [0.1, 0.15) is 4.90 Å². The van der Waals surface area contributed by atoms with Crippen molar-refractivity contribution in [1.29, 1.82) is 0 Å². The third-order valence-electron chi connectivity index (χ3n) is 3.06. The first-order chi connectivity index (χ1) is 11.4. The SMILES string of the molecule is O=C(CSC1=NS(=O)(=O)c2cc(Cl)ccc2N1)Nc1ccccc1. The van der Waals surface area contributed by atoms with Crippen molar-refractivity contribution >= 4 is 55.8 Å². The summed E-state index contributed by atoms with van der Waals surface area (Å²) in [5.74, 6) is -0.228. The molecule has 0 spiro atoms. The summed E-state index contributed by atoms with van der Waals surface area (Å²) in [6, 6.07) is 13.5. The first-order valence-electron chi connectivity index (χ1n) is 6.83. The molecule has 1 aliphatic rings. The van der Waals surface area contributed by atoms with Gasteiger partial charge in [-0.2, -0.15) is 8.42 Å². The molecule has 124 valence electrons. The lowest BCUT2D eigenvalue weighted by Crippen LogP contribution is -2.22. The zero-order valence-corrected chi connectivity index (χ0v) is 14.6. The Morgan fingerprint density at radius 1 is 1.21 bits per heavy atom. The molecule has 0 aliphatic carbocycles. The van der Waals surface area contributed by atoms with Crippen molar-refractivity contribution in [1.82, 2.24) is 0 Å². The van der Waals surface area contributed by atoms with Gasteiger partial charge < -0.3 is 10.6 Å². The van der Waals surface area contributed by atoms with E-state index in [2.05, 4.69) is 15.0 Å².